The molecule has 3 nitrogen and oxygen atoms in total. The van der Waals surface area contributed by atoms with E-state index in [1.54, 1.807) is 6.92 Å². The molecule has 198 valence electrons. The molecule has 0 aliphatic heterocycles. The number of ether oxygens (including phenoxy) is 1. The third-order valence-corrected chi connectivity index (χ3v) is 12.7. The minimum Gasteiger partial charge on any atom is -0.465 e. The van der Waals surface area contributed by atoms with Crippen molar-refractivity contribution >= 4 is 12.3 Å². The van der Waals surface area contributed by atoms with Crippen LogP contribution in [0.1, 0.15) is 113 Å². The van der Waals surface area contributed by atoms with Crippen LogP contribution in [-0.4, -0.2) is 18.9 Å². The Morgan fingerprint density at radius 3 is 2.31 bits per heavy atom. The van der Waals surface area contributed by atoms with Crippen molar-refractivity contribution in [2.75, 3.05) is 6.61 Å². The first-order chi connectivity index (χ1) is 16.4. The van der Waals surface area contributed by atoms with Gasteiger partial charge in [-0.2, -0.15) is 0 Å². The molecule has 4 aliphatic carbocycles. The predicted octanol–water partition coefficient (Wildman–Crippen LogP) is 8.02. The Hall–Kier alpha value is -1.12. The van der Waals surface area contributed by atoms with E-state index in [0.29, 0.717) is 48.0 Å². The van der Waals surface area contributed by atoms with E-state index in [2.05, 4.69) is 48.1 Å². The zero-order valence-electron chi connectivity index (χ0n) is 23.8. The highest BCUT2D eigenvalue weighted by atomic mass is 16.5. The van der Waals surface area contributed by atoms with Crippen molar-refractivity contribution in [3.63, 3.8) is 0 Å². The first kappa shape index (κ1) is 26.9. The van der Waals surface area contributed by atoms with Gasteiger partial charge in [-0.25, -0.2) is 0 Å². The lowest BCUT2D eigenvalue weighted by atomic mass is 9.34. The molecular weight excluding hydrogens is 432 g/mol. The summed E-state index contributed by atoms with van der Waals surface area (Å²) in [5, 5.41) is 0. The molecule has 0 aromatic carbocycles. The van der Waals surface area contributed by atoms with Crippen molar-refractivity contribution in [2.24, 2.45) is 57.2 Å². The van der Waals surface area contributed by atoms with Gasteiger partial charge in [-0.15, -0.1) is 0 Å². The van der Waals surface area contributed by atoms with Crippen LogP contribution in [0, 0.1) is 57.2 Å². The first-order valence-corrected chi connectivity index (χ1v) is 14.6. The molecule has 0 aromatic rings. The van der Waals surface area contributed by atoms with Gasteiger partial charge in [0.15, 0.2) is 0 Å². The molecule has 0 spiro atoms. The van der Waals surface area contributed by atoms with Gasteiger partial charge >= 0.3 is 5.97 Å². The van der Waals surface area contributed by atoms with Crippen LogP contribution in [0.15, 0.2) is 12.2 Å². The van der Waals surface area contributed by atoms with Gasteiger partial charge in [0.05, 0.1) is 6.61 Å². The van der Waals surface area contributed by atoms with E-state index in [1.807, 2.05) is 0 Å². The number of allylic oxidation sites excluding steroid dienone is 1. The summed E-state index contributed by atoms with van der Waals surface area (Å²) in [4.78, 5) is 23.4. The van der Waals surface area contributed by atoms with Crippen molar-refractivity contribution in [2.45, 2.75) is 113 Å². The van der Waals surface area contributed by atoms with Crippen molar-refractivity contribution in [1.29, 1.82) is 0 Å². The number of hydrogen-bond acceptors (Lipinski definition) is 3. The molecule has 3 heteroatoms. The SMILES string of the molecule is C=C(C)[C@@H]1CC[C@]2(C)[C@H](CC[C@@H]3[C@H]4[C@H](C(C)C)CC[C@]4(COC(C)=O)CC[C@]32C)[C@@]1(C)CCC=O. The normalized spacial score (nSPS) is 46.9. The number of hydrogen-bond donors (Lipinski definition) is 0. The summed E-state index contributed by atoms with van der Waals surface area (Å²) in [6, 6.07) is 0. The number of carbonyl (C=O) groups is 2. The van der Waals surface area contributed by atoms with Crippen LogP contribution in [-0.2, 0) is 14.3 Å². The number of fused-ring (bicyclic) bond motifs is 5. The Morgan fingerprint density at radius 1 is 1.00 bits per heavy atom. The summed E-state index contributed by atoms with van der Waals surface area (Å²) in [5.74, 6) is 3.76. The van der Waals surface area contributed by atoms with Gasteiger partial charge in [-0.3, -0.25) is 4.79 Å². The molecule has 4 rings (SSSR count). The van der Waals surface area contributed by atoms with Crippen LogP contribution < -0.4 is 0 Å². The molecule has 0 unspecified atom stereocenters. The average Bonchev–Trinajstić information content (AvgIpc) is 3.17. The zero-order chi connectivity index (χ0) is 25.8. The van der Waals surface area contributed by atoms with Crippen LogP contribution in [0.4, 0.5) is 0 Å². The van der Waals surface area contributed by atoms with Gasteiger partial charge in [-0.1, -0.05) is 46.8 Å². The molecule has 0 N–H and O–H groups in total. The molecule has 0 radical (unpaired) electrons. The van der Waals surface area contributed by atoms with Crippen LogP contribution in [0.2, 0.25) is 0 Å². The van der Waals surface area contributed by atoms with E-state index in [1.165, 1.54) is 56.9 Å². The van der Waals surface area contributed by atoms with Gasteiger partial charge in [0.2, 0.25) is 0 Å². The van der Waals surface area contributed by atoms with E-state index >= 15 is 0 Å². The Balaban J connectivity index is 1.74. The van der Waals surface area contributed by atoms with E-state index in [4.69, 9.17) is 4.74 Å². The lowest BCUT2D eigenvalue weighted by Gasteiger charge is -2.71. The smallest absolute Gasteiger partial charge is 0.302 e. The molecule has 0 bridgehead atoms. The molecule has 0 saturated heterocycles. The number of carbonyl (C=O) groups excluding carboxylic acids is 2. The van der Waals surface area contributed by atoms with Crippen molar-refractivity contribution in [3.05, 3.63) is 12.2 Å². The van der Waals surface area contributed by atoms with E-state index in [9.17, 15) is 9.59 Å². The molecule has 0 aromatic heterocycles. The van der Waals surface area contributed by atoms with Crippen molar-refractivity contribution in [1.82, 2.24) is 0 Å². The van der Waals surface area contributed by atoms with Gasteiger partial charge in [0, 0.05) is 18.8 Å². The molecule has 35 heavy (non-hydrogen) atoms. The maximum Gasteiger partial charge on any atom is 0.302 e. The fourth-order valence-corrected chi connectivity index (χ4v) is 10.9. The van der Waals surface area contributed by atoms with Crippen LogP contribution in [0.3, 0.4) is 0 Å². The average molecular weight is 485 g/mol. The summed E-state index contributed by atoms with van der Waals surface area (Å²) in [5.41, 5.74) is 2.20. The minimum atomic E-state index is -0.126. The van der Waals surface area contributed by atoms with Crippen LogP contribution in [0.5, 0.6) is 0 Å². The fraction of sp³-hybridized carbons (Fsp3) is 0.875. The molecular formula is C32H52O3. The fourth-order valence-electron chi connectivity index (χ4n) is 10.9. The highest BCUT2D eigenvalue weighted by Crippen LogP contribution is 2.76. The van der Waals surface area contributed by atoms with Crippen molar-refractivity contribution in [3.8, 4) is 0 Å². The zero-order valence-corrected chi connectivity index (χ0v) is 23.8. The second kappa shape index (κ2) is 9.32. The maximum atomic E-state index is 11.9. The third-order valence-electron chi connectivity index (χ3n) is 12.7. The quantitative estimate of drug-likeness (QED) is 0.209. The molecule has 0 heterocycles. The summed E-state index contributed by atoms with van der Waals surface area (Å²) in [6.45, 7) is 21.5. The largest absolute Gasteiger partial charge is 0.465 e. The Kier molecular flexibility index (Phi) is 7.17. The highest BCUT2D eigenvalue weighted by molar-refractivity contribution is 5.65. The number of aldehydes is 1. The van der Waals surface area contributed by atoms with E-state index < -0.39 is 0 Å². The van der Waals surface area contributed by atoms with E-state index in [-0.39, 0.29) is 22.2 Å². The van der Waals surface area contributed by atoms with Gasteiger partial charge in [0.25, 0.3) is 0 Å². The molecule has 4 aliphatic rings. The second-order valence-corrected chi connectivity index (χ2v) is 14.3. The summed E-state index contributed by atoms with van der Waals surface area (Å²) in [7, 11) is 0. The summed E-state index contributed by atoms with van der Waals surface area (Å²) >= 11 is 0. The summed E-state index contributed by atoms with van der Waals surface area (Å²) in [6.07, 6.45) is 12.8. The van der Waals surface area contributed by atoms with Gasteiger partial charge < -0.3 is 9.53 Å². The first-order valence-electron chi connectivity index (χ1n) is 14.6. The minimum absolute atomic E-state index is 0.126. The highest BCUT2D eigenvalue weighted by Gasteiger charge is 2.69. The number of esters is 1. The second-order valence-electron chi connectivity index (χ2n) is 14.3. The molecule has 4 saturated carbocycles. The van der Waals surface area contributed by atoms with Crippen LogP contribution in [0.25, 0.3) is 0 Å². The van der Waals surface area contributed by atoms with Gasteiger partial charge in [-0.05, 0) is 116 Å². The lowest BCUT2D eigenvalue weighted by molar-refractivity contribution is -0.223. The van der Waals surface area contributed by atoms with Crippen molar-refractivity contribution < 1.29 is 14.3 Å². The summed E-state index contributed by atoms with van der Waals surface area (Å²) < 4.78 is 5.79. The Morgan fingerprint density at radius 2 is 1.71 bits per heavy atom. The molecule has 4 fully saturated rings. The lowest BCUT2D eigenvalue weighted by Crippen LogP contribution is -2.64. The van der Waals surface area contributed by atoms with Crippen LogP contribution >= 0.6 is 0 Å². The predicted molar refractivity (Wildman–Crippen MR) is 143 cm³/mol. The number of rotatable bonds is 7. The molecule has 9 atom stereocenters. The monoisotopic (exact) mass is 484 g/mol. The third kappa shape index (κ3) is 3.97. The topological polar surface area (TPSA) is 43.4 Å². The Labute approximate surface area is 215 Å². The maximum absolute atomic E-state index is 11.9. The molecule has 0 amide bonds. The Bertz CT molecular complexity index is 846. The standard InChI is InChI=1S/C32H52O3/c1-21(2)24-12-16-32(20-35-23(5)34)18-17-30(7)26(28(24)32)10-11-27-29(6,14-9-19-33)25(22(3)4)13-15-31(27,30)8/h19,21,24-28H,3,9-18,20H2,1-2,4-8H3/t24-,25-,26+,27+,28+,29-,30+,31+,32+/m0/s1. The van der Waals surface area contributed by atoms with E-state index in [0.717, 1.165) is 18.6 Å². The van der Waals surface area contributed by atoms with Gasteiger partial charge in [0.1, 0.15) is 6.29 Å².